The minimum atomic E-state index is -4.79. The summed E-state index contributed by atoms with van der Waals surface area (Å²) < 4.78 is 97.4. The Balaban J connectivity index is 1.09. The number of alkyl halides is 1. The molecule has 2 N–H and O–H groups in total. The van der Waals surface area contributed by atoms with Crippen LogP contribution in [0.2, 0.25) is 0 Å². The third kappa shape index (κ3) is 8.57. The van der Waals surface area contributed by atoms with Crippen molar-refractivity contribution in [1.29, 1.82) is 5.26 Å². The van der Waals surface area contributed by atoms with Gasteiger partial charge in [-0.3, -0.25) is 41.3 Å². The molecule has 22 nitrogen and oxygen atoms in total. The van der Waals surface area contributed by atoms with Crippen molar-refractivity contribution in [3.05, 3.63) is 81.5 Å². The van der Waals surface area contributed by atoms with Crippen molar-refractivity contribution in [2.45, 2.75) is 55.8 Å². The first kappa shape index (κ1) is 40.8. The first-order valence-electron chi connectivity index (χ1n) is 17.8. The van der Waals surface area contributed by atoms with Crippen LogP contribution >= 0.6 is 27.2 Å². The van der Waals surface area contributed by atoms with Crippen molar-refractivity contribution < 1.29 is 54.9 Å². The molecule has 3 fully saturated rings. The number of halogens is 1. The molecular weight excluding hydrogens is 841 g/mol. The summed E-state index contributed by atoms with van der Waals surface area (Å²) in [6.45, 7) is 4.78. The molecule has 0 radical (unpaired) electrons. The molecule has 7 heterocycles. The lowest BCUT2D eigenvalue weighted by Gasteiger charge is -2.29. The summed E-state index contributed by atoms with van der Waals surface area (Å²) in [5, 5.41) is 11.9. The number of nitrogens with zero attached hydrogens (tertiary/aromatic N) is 8. The highest BCUT2D eigenvalue weighted by atomic mass is 32.1. The molecule has 0 bridgehead atoms. The third-order valence-electron chi connectivity index (χ3n) is 9.18. The van der Waals surface area contributed by atoms with E-state index in [1.807, 2.05) is 6.07 Å². The van der Waals surface area contributed by atoms with Crippen molar-refractivity contribution in [2.75, 3.05) is 38.3 Å². The van der Waals surface area contributed by atoms with E-state index in [4.69, 9.17) is 48.5 Å². The van der Waals surface area contributed by atoms with E-state index in [2.05, 4.69) is 39.5 Å². The number of benzene rings is 1. The quantitative estimate of drug-likeness (QED) is 0.112. The lowest BCUT2D eigenvalue weighted by atomic mass is 10.1. The monoisotopic (exact) mass is 872 g/mol. The number of imidazole rings is 1. The molecule has 59 heavy (non-hydrogen) atoms. The number of hydrogen-bond donors (Lipinski definition) is 2. The van der Waals surface area contributed by atoms with Crippen LogP contribution < -0.4 is 10.9 Å². The van der Waals surface area contributed by atoms with Crippen LogP contribution in [0.15, 0.2) is 54.1 Å². The van der Waals surface area contributed by atoms with E-state index >= 15 is 4.39 Å². The number of phosphoric ester groups is 2. The molecule has 308 valence electrons. The number of phosphoric acid groups is 2. The number of rotatable bonds is 10. The van der Waals surface area contributed by atoms with E-state index in [1.54, 1.807) is 30.3 Å². The number of aromatic nitrogens is 7. The highest BCUT2D eigenvalue weighted by molar-refractivity contribution is 7.48. The maximum Gasteiger partial charge on any atom is 0.475 e. The van der Waals surface area contributed by atoms with Gasteiger partial charge in [0.1, 0.15) is 48.4 Å². The number of amides is 1. The average Bonchev–Trinajstić information content (AvgIpc) is 4.02. The molecule has 3 aliphatic rings. The zero-order valence-electron chi connectivity index (χ0n) is 30.3. The van der Waals surface area contributed by atoms with Crippen LogP contribution in [-0.2, 0) is 45.7 Å². The first-order valence-corrected chi connectivity index (χ1v) is 21.4. The van der Waals surface area contributed by atoms with Crippen LogP contribution in [0.4, 0.5) is 10.2 Å². The number of nitriles is 1. The smallest absolute Gasteiger partial charge is 0.364 e. The molecule has 3 saturated heterocycles. The van der Waals surface area contributed by atoms with Crippen LogP contribution in [0.5, 0.6) is 0 Å². The predicted molar refractivity (Wildman–Crippen MR) is 199 cm³/mol. The lowest BCUT2D eigenvalue weighted by Crippen LogP contribution is -2.36. The molecule has 8 rings (SSSR count). The van der Waals surface area contributed by atoms with Gasteiger partial charge in [0, 0.05) is 12.0 Å². The van der Waals surface area contributed by atoms with E-state index in [9.17, 15) is 18.7 Å². The Hall–Kier alpha value is -4.94. The molecule has 9 atom stereocenters. The topological polar surface area (TPSA) is 267 Å². The number of carbonyl (C=O) groups is 1. The van der Waals surface area contributed by atoms with Crippen LogP contribution in [-0.4, -0.2) is 103 Å². The Kier molecular flexibility index (Phi) is 12.0. The number of nitrogens with one attached hydrogen (secondary N) is 2. The van der Waals surface area contributed by atoms with Crippen LogP contribution in [0, 0.1) is 17.9 Å². The molecular formula is C33H31FN10O12P2S. The summed E-state index contributed by atoms with van der Waals surface area (Å²) in [5.41, 5.74) is 0.218. The highest BCUT2D eigenvalue weighted by Gasteiger charge is 2.54. The molecule has 0 aliphatic carbocycles. The third-order valence-corrected chi connectivity index (χ3v) is 13.1. The van der Waals surface area contributed by atoms with Gasteiger partial charge in [-0.1, -0.05) is 18.2 Å². The van der Waals surface area contributed by atoms with Crippen LogP contribution in [0.1, 0.15) is 40.4 Å². The van der Waals surface area contributed by atoms with Crippen LogP contribution in [0.3, 0.4) is 0 Å². The second-order valence-corrected chi connectivity index (χ2v) is 17.0. The van der Waals surface area contributed by atoms with E-state index in [-0.39, 0.29) is 48.5 Å². The molecule has 26 heteroatoms. The zero-order valence-corrected chi connectivity index (χ0v) is 32.9. The van der Waals surface area contributed by atoms with E-state index < -0.39 is 89.9 Å². The lowest BCUT2D eigenvalue weighted by molar-refractivity contribution is -0.0651. The molecule has 0 saturated carbocycles. The number of H-pyrrole nitrogens is 1. The Morgan fingerprint density at radius 2 is 1.81 bits per heavy atom. The summed E-state index contributed by atoms with van der Waals surface area (Å²) in [4.78, 5) is 48.0. The van der Waals surface area contributed by atoms with Crippen LogP contribution in [0.25, 0.3) is 27.0 Å². The summed E-state index contributed by atoms with van der Waals surface area (Å²) in [5.74, 6) is -0.285. The largest absolute Gasteiger partial charge is 0.475 e. The number of aromatic amines is 1. The van der Waals surface area contributed by atoms with Gasteiger partial charge in [0.25, 0.3) is 11.5 Å². The molecule has 2 unspecified atom stereocenters. The molecule has 0 spiro atoms. The fourth-order valence-electron chi connectivity index (χ4n) is 6.47. The van der Waals surface area contributed by atoms with Gasteiger partial charge in [0.2, 0.25) is 6.54 Å². The van der Waals surface area contributed by atoms with Crippen molar-refractivity contribution >= 4 is 61.1 Å². The Bertz CT molecular complexity index is 2590. The summed E-state index contributed by atoms with van der Waals surface area (Å²) in [6, 6.07) is 10.3. The van der Waals surface area contributed by atoms with Gasteiger partial charge in [-0.25, -0.2) is 40.0 Å². The first-order chi connectivity index (χ1) is 28.6. The molecule has 5 aromatic rings. The van der Waals surface area contributed by atoms with Gasteiger partial charge in [0.15, 0.2) is 29.4 Å². The summed E-state index contributed by atoms with van der Waals surface area (Å²) in [7, 11) is -9.44. The standard InChI is InChI=1S/C33H31FN10O12P2S/c1-36-9-11-50-57(47)52-14-22-27(23(34)33(54-22)44-17-41-26-30(44)39-16-40-32(26)46)56-58(48,49-10-5-8-35)51-13-21-19(55-57)12-20(53-21)28-24-25(43-59-28)29(38-15-37-24)42-31(45)18-6-3-2-4-7-18/h2-4,6-7,15-17,19-23,27,33H,5,9-14H2,(H,39,40,46)(H,37,38,42,45)/t19-,20+,21+,22+,23+,27+,33+,57?,58?/m0/s1. The highest BCUT2D eigenvalue weighted by Crippen LogP contribution is 2.58. The maximum atomic E-state index is 16.6. The van der Waals surface area contributed by atoms with Gasteiger partial charge in [-0.2, -0.15) is 9.64 Å². The van der Waals surface area contributed by atoms with Gasteiger partial charge in [0.05, 0.1) is 55.9 Å². The maximum absolute atomic E-state index is 16.6. The fourth-order valence-corrected chi connectivity index (χ4v) is 10.1. The molecule has 1 amide bonds. The van der Waals surface area contributed by atoms with Crippen molar-refractivity contribution in [1.82, 2.24) is 33.9 Å². The fraction of sp³-hybridized carbons (Fsp3) is 0.424. The second kappa shape index (κ2) is 17.3. The number of anilines is 1. The molecule has 3 aliphatic heterocycles. The minimum Gasteiger partial charge on any atom is -0.364 e. The summed E-state index contributed by atoms with van der Waals surface area (Å²) in [6.07, 6.45) is -7.17. The predicted octanol–water partition coefficient (Wildman–Crippen LogP) is 4.44. The SMILES string of the molecule is [C-]#[N+]CCOP1(=O)OC[C@H]2O[C@@H](n3cnc4c(=O)[nH]cnc43)[C@H](F)[C@@H]2OP(=O)(OCCC#N)OC[C@H]2O[C@@H](c3snc4c(NC(=O)c5ccccc5)ncnc34)C[C@@H]2O1. The van der Waals surface area contributed by atoms with Crippen molar-refractivity contribution in [3.63, 3.8) is 0 Å². The van der Waals surface area contributed by atoms with E-state index in [1.165, 1.54) is 6.33 Å². The van der Waals surface area contributed by atoms with Gasteiger partial charge in [-0.05, 0) is 23.7 Å². The normalized spacial score (nSPS) is 29.8. The minimum absolute atomic E-state index is 0.0436. The van der Waals surface area contributed by atoms with Crippen molar-refractivity contribution in [2.24, 2.45) is 0 Å². The Morgan fingerprint density at radius 3 is 2.61 bits per heavy atom. The number of ether oxygens (including phenoxy) is 2. The Morgan fingerprint density at radius 1 is 1.03 bits per heavy atom. The van der Waals surface area contributed by atoms with Gasteiger partial charge >= 0.3 is 15.6 Å². The van der Waals surface area contributed by atoms with Gasteiger partial charge in [-0.15, -0.1) is 0 Å². The number of hydrogen-bond acceptors (Lipinski definition) is 19. The van der Waals surface area contributed by atoms with E-state index in [0.29, 0.717) is 16.0 Å². The molecule has 1 aromatic carbocycles. The summed E-state index contributed by atoms with van der Waals surface area (Å²) >= 11 is 0.997. The average molecular weight is 873 g/mol. The number of fused-ring (bicyclic) bond motifs is 4. The Labute approximate surface area is 336 Å². The number of carbonyl (C=O) groups excluding carboxylic acids is 1. The van der Waals surface area contributed by atoms with Crippen molar-refractivity contribution in [3.8, 4) is 6.07 Å². The zero-order chi connectivity index (χ0) is 41.1. The van der Waals surface area contributed by atoms with E-state index in [0.717, 1.165) is 28.8 Å². The van der Waals surface area contributed by atoms with Gasteiger partial charge < -0.3 is 24.6 Å². The molecule has 4 aromatic heterocycles. The second-order valence-electron chi connectivity index (χ2n) is 12.9.